The molecule has 0 bridgehead atoms. The number of nitrogens with one attached hydrogen (secondary N) is 1. The number of anilines is 1. The van der Waals surface area contributed by atoms with E-state index < -0.39 is 0 Å². The Morgan fingerprint density at radius 1 is 1.20 bits per heavy atom. The molecule has 0 fully saturated rings. The van der Waals surface area contributed by atoms with Gasteiger partial charge in [0.05, 0.1) is 7.11 Å². The highest BCUT2D eigenvalue weighted by Gasteiger charge is 2.11. The predicted molar refractivity (Wildman–Crippen MR) is 81.4 cm³/mol. The zero-order chi connectivity index (χ0) is 13.9. The maximum atomic E-state index is 5.16. The van der Waals surface area contributed by atoms with Gasteiger partial charge in [0.1, 0.15) is 0 Å². The number of ether oxygens (including phenoxy) is 1. The zero-order valence-electron chi connectivity index (χ0n) is 11.3. The molecule has 3 aromatic rings. The van der Waals surface area contributed by atoms with Crippen molar-refractivity contribution in [2.24, 2.45) is 0 Å². The van der Waals surface area contributed by atoms with Gasteiger partial charge in [-0.15, -0.1) is 11.3 Å². The first-order valence-corrected chi connectivity index (χ1v) is 7.20. The zero-order valence-corrected chi connectivity index (χ0v) is 12.1. The van der Waals surface area contributed by atoms with E-state index in [0.29, 0.717) is 17.8 Å². The van der Waals surface area contributed by atoms with Crippen molar-refractivity contribution >= 4 is 27.4 Å². The van der Waals surface area contributed by atoms with Gasteiger partial charge in [-0.05, 0) is 29.8 Å². The Bertz CT molecular complexity index is 741. The van der Waals surface area contributed by atoms with Gasteiger partial charge in [0.2, 0.25) is 5.95 Å². The number of nitrogens with zero attached hydrogens (tertiary/aromatic N) is 3. The Hall–Kier alpha value is -2.21. The molecule has 0 radical (unpaired) electrons. The highest BCUT2D eigenvalue weighted by Crippen LogP contribution is 2.31. The second-order valence-electron chi connectivity index (χ2n) is 4.14. The molecule has 0 aliphatic carbocycles. The second kappa shape index (κ2) is 5.42. The molecule has 0 saturated heterocycles. The fraction of sp³-hybridized carbons (Fsp3) is 0.214. The number of rotatable bonds is 4. The Kier molecular flexibility index (Phi) is 3.47. The van der Waals surface area contributed by atoms with Crippen molar-refractivity contribution in [2.75, 3.05) is 19.0 Å². The first kappa shape index (κ1) is 12.8. The Morgan fingerprint density at radius 3 is 2.90 bits per heavy atom. The van der Waals surface area contributed by atoms with Gasteiger partial charge in [-0.3, -0.25) is 0 Å². The molecule has 0 atom stereocenters. The molecular weight excluding hydrogens is 272 g/mol. The van der Waals surface area contributed by atoms with Crippen LogP contribution < -0.4 is 10.1 Å². The SMILES string of the molecule is CCNc1nc(OC)nc(-c2cccc3ccsc23)n1. The van der Waals surface area contributed by atoms with Crippen LogP contribution in [0.3, 0.4) is 0 Å². The standard InChI is InChI=1S/C14H14N4OS/c1-3-15-13-16-12(17-14(18-13)19-2)10-6-4-5-9-7-8-20-11(9)10/h4-8H,3H2,1-2H3,(H,15,16,17,18). The summed E-state index contributed by atoms with van der Waals surface area (Å²) in [5.41, 5.74) is 0.998. The average Bonchev–Trinajstić information content (AvgIpc) is 2.95. The Balaban J connectivity index is 2.17. The number of hydrogen-bond acceptors (Lipinski definition) is 6. The van der Waals surface area contributed by atoms with Gasteiger partial charge in [-0.1, -0.05) is 12.1 Å². The van der Waals surface area contributed by atoms with Crippen molar-refractivity contribution in [1.29, 1.82) is 0 Å². The molecule has 0 unspecified atom stereocenters. The van der Waals surface area contributed by atoms with E-state index in [1.165, 1.54) is 10.1 Å². The molecule has 0 amide bonds. The summed E-state index contributed by atoms with van der Waals surface area (Å²) in [4.78, 5) is 13.0. The van der Waals surface area contributed by atoms with Crippen molar-refractivity contribution in [2.45, 2.75) is 6.92 Å². The van der Waals surface area contributed by atoms with Crippen LogP contribution in [0.5, 0.6) is 6.01 Å². The molecule has 5 nitrogen and oxygen atoms in total. The summed E-state index contributed by atoms with van der Waals surface area (Å²) in [5, 5.41) is 6.35. The van der Waals surface area contributed by atoms with Crippen LogP contribution in [-0.4, -0.2) is 28.6 Å². The highest BCUT2D eigenvalue weighted by atomic mass is 32.1. The molecule has 20 heavy (non-hydrogen) atoms. The number of benzene rings is 1. The van der Waals surface area contributed by atoms with E-state index in [-0.39, 0.29) is 0 Å². The van der Waals surface area contributed by atoms with Gasteiger partial charge in [0.25, 0.3) is 0 Å². The van der Waals surface area contributed by atoms with Crippen LogP contribution in [0.15, 0.2) is 29.6 Å². The van der Waals surface area contributed by atoms with Crippen LogP contribution in [0.25, 0.3) is 21.5 Å². The number of thiophene rings is 1. The molecule has 0 spiro atoms. The molecule has 1 aromatic carbocycles. The van der Waals surface area contributed by atoms with E-state index in [4.69, 9.17) is 4.74 Å². The minimum absolute atomic E-state index is 0.319. The quantitative estimate of drug-likeness (QED) is 0.798. The van der Waals surface area contributed by atoms with E-state index in [9.17, 15) is 0 Å². The maximum Gasteiger partial charge on any atom is 0.321 e. The minimum atomic E-state index is 0.319. The van der Waals surface area contributed by atoms with Crippen molar-refractivity contribution in [3.63, 3.8) is 0 Å². The topological polar surface area (TPSA) is 59.9 Å². The summed E-state index contributed by atoms with van der Waals surface area (Å²) in [6.45, 7) is 2.74. The molecule has 0 aliphatic heterocycles. The number of hydrogen-bond donors (Lipinski definition) is 1. The van der Waals surface area contributed by atoms with Gasteiger partial charge in [0, 0.05) is 16.8 Å². The smallest absolute Gasteiger partial charge is 0.321 e. The van der Waals surface area contributed by atoms with E-state index in [0.717, 1.165) is 12.1 Å². The van der Waals surface area contributed by atoms with Crippen molar-refractivity contribution in [3.05, 3.63) is 29.6 Å². The normalized spacial score (nSPS) is 10.7. The first-order chi connectivity index (χ1) is 9.81. The molecule has 3 rings (SSSR count). The Labute approximate surface area is 120 Å². The van der Waals surface area contributed by atoms with Crippen molar-refractivity contribution in [1.82, 2.24) is 15.0 Å². The van der Waals surface area contributed by atoms with E-state index in [2.05, 4.69) is 37.8 Å². The molecule has 0 aliphatic rings. The lowest BCUT2D eigenvalue weighted by molar-refractivity contribution is 0.379. The largest absolute Gasteiger partial charge is 0.467 e. The predicted octanol–water partition coefficient (Wildman–Crippen LogP) is 3.19. The number of aromatic nitrogens is 3. The van der Waals surface area contributed by atoms with Crippen LogP contribution in [0.2, 0.25) is 0 Å². The van der Waals surface area contributed by atoms with Gasteiger partial charge < -0.3 is 10.1 Å². The third-order valence-electron chi connectivity index (χ3n) is 2.85. The number of methoxy groups -OCH3 is 1. The fourth-order valence-electron chi connectivity index (χ4n) is 1.97. The summed E-state index contributed by atoms with van der Waals surface area (Å²) in [6, 6.07) is 8.52. The molecule has 0 saturated carbocycles. The van der Waals surface area contributed by atoms with E-state index >= 15 is 0 Å². The summed E-state index contributed by atoms with van der Waals surface area (Å²) < 4.78 is 6.33. The second-order valence-corrected chi connectivity index (χ2v) is 5.06. The molecule has 2 aromatic heterocycles. The number of fused-ring (bicyclic) bond motifs is 1. The van der Waals surface area contributed by atoms with Crippen LogP contribution >= 0.6 is 11.3 Å². The monoisotopic (exact) mass is 286 g/mol. The summed E-state index contributed by atoms with van der Waals surface area (Å²) >= 11 is 1.68. The average molecular weight is 286 g/mol. The molecule has 102 valence electrons. The fourth-order valence-corrected chi connectivity index (χ4v) is 2.88. The highest BCUT2D eigenvalue weighted by molar-refractivity contribution is 7.17. The minimum Gasteiger partial charge on any atom is -0.467 e. The molecular formula is C14H14N4OS. The van der Waals surface area contributed by atoms with Crippen molar-refractivity contribution < 1.29 is 4.74 Å². The van der Waals surface area contributed by atoms with E-state index in [1.54, 1.807) is 18.4 Å². The summed E-state index contributed by atoms with van der Waals surface area (Å²) in [5.74, 6) is 1.16. The van der Waals surface area contributed by atoms with Gasteiger partial charge in [0.15, 0.2) is 5.82 Å². The molecule has 1 N–H and O–H groups in total. The van der Waals surface area contributed by atoms with Crippen LogP contribution in [0.4, 0.5) is 5.95 Å². The third kappa shape index (κ3) is 2.30. The van der Waals surface area contributed by atoms with Gasteiger partial charge >= 0.3 is 6.01 Å². The lowest BCUT2D eigenvalue weighted by Gasteiger charge is -2.07. The lowest BCUT2D eigenvalue weighted by Crippen LogP contribution is -2.06. The maximum absolute atomic E-state index is 5.16. The van der Waals surface area contributed by atoms with Crippen molar-refractivity contribution in [3.8, 4) is 17.4 Å². The van der Waals surface area contributed by atoms with Crippen LogP contribution in [0, 0.1) is 0 Å². The molecule has 2 heterocycles. The first-order valence-electron chi connectivity index (χ1n) is 6.32. The van der Waals surface area contributed by atoms with Gasteiger partial charge in [-0.25, -0.2) is 0 Å². The third-order valence-corrected chi connectivity index (χ3v) is 3.82. The van der Waals surface area contributed by atoms with Gasteiger partial charge in [-0.2, -0.15) is 15.0 Å². The summed E-state index contributed by atoms with van der Waals surface area (Å²) in [6.07, 6.45) is 0. The molecule has 6 heteroatoms. The van der Waals surface area contributed by atoms with Crippen LogP contribution in [-0.2, 0) is 0 Å². The Morgan fingerprint density at radius 2 is 2.10 bits per heavy atom. The van der Waals surface area contributed by atoms with Crippen LogP contribution in [0.1, 0.15) is 6.92 Å². The van der Waals surface area contributed by atoms with E-state index in [1.807, 2.05) is 19.1 Å². The summed E-state index contributed by atoms with van der Waals surface area (Å²) in [7, 11) is 1.56. The lowest BCUT2D eigenvalue weighted by atomic mass is 10.1.